The molecule has 0 aliphatic carbocycles. The quantitative estimate of drug-likeness (QED) is 0.465. The molecule has 3 heterocycles. The van der Waals surface area contributed by atoms with Gasteiger partial charge in [0, 0.05) is 24.5 Å². The van der Waals surface area contributed by atoms with Crippen molar-refractivity contribution in [2.24, 2.45) is 0 Å². The maximum absolute atomic E-state index is 13.5. The maximum Gasteiger partial charge on any atom is 0.275 e. The zero-order chi connectivity index (χ0) is 23.9. The van der Waals surface area contributed by atoms with E-state index in [0.29, 0.717) is 23.5 Å². The molecule has 7 heteroatoms. The number of piperidine rings is 1. The van der Waals surface area contributed by atoms with E-state index in [-0.39, 0.29) is 18.0 Å². The van der Waals surface area contributed by atoms with Gasteiger partial charge in [-0.3, -0.25) is 14.2 Å². The first-order valence-corrected chi connectivity index (χ1v) is 12.5. The molecule has 0 unspecified atom stereocenters. The first-order chi connectivity index (χ1) is 16.6. The van der Waals surface area contributed by atoms with Gasteiger partial charge in [0.25, 0.3) is 5.56 Å². The van der Waals surface area contributed by atoms with E-state index in [1.165, 1.54) is 38.8 Å². The lowest BCUT2D eigenvalue weighted by atomic mass is 10.1. The highest BCUT2D eigenvalue weighted by Gasteiger charge is 2.16. The average Bonchev–Trinajstić information content (AvgIpc) is 3.27. The molecule has 0 atom stereocenters. The largest absolute Gasteiger partial charge is 0.497 e. The molecule has 1 aliphatic rings. The average molecular weight is 465 g/mol. The number of aromatic nitrogens is 2. The molecule has 1 saturated heterocycles. The second-order valence-electron chi connectivity index (χ2n) is 9.09. The Hall–Kier alpha value is -3.06. The molecule has 1 aliphatic heterocycles. The van der Waals surface area contributed by atoms with Crippen molar-refractivity contribution in [3.8, 4) is 17.0 Å². The number of carbonyl (C=O) groups excluding carboxylic acids is 1. The van der Waals surface area contributed by atoms with Gasteiger partial charge in [-0.25, -0.2) is 0 Å². The molecular formula is C27H36N4O3. The number of amides is 1. The van der Waals surface area contributed by atoms with Crippen molar-refractivity contribution in [1.29, 1.82) is 0 Å². The van der Waals surface area contributed by atoms with Crippen molar-refractivity contribution in [3.05, 3.63) is 58.6 Å². The van der Waals surface area contributed by atoms with Gasteiger partial charge < -0.3 is 19.4 Å². The van der Waals surface area contributed by atoms with Crippen molar-refractivity contribution in [2.75, 3.05) is 33.3 Å². The molecule has 0 bridgehead atoms. The molecule has 1 amide bonds. The summed E-state index contributed by atoms with van der Waals surface area (Å²) in [4.78, 5) is 28.5. The smallest absolute Gasteiger partial charge is 0.275 e. The molecule has 0 radical (unpaired) electrons. The Balaban J connectivity index is 1.59. The van der Waals surface area contributed by atoms with E-state index in [0.717, 1.165) is 30.5 Å². The molecule has 0 saturated carbocycles. The molecule has 182 valence electrons. The minimum Gasteiger partial charge on any atom is -0.497 e. The molecule has 34 heavy (non-hydrogen) atoms. The number of nitrogens with one attached hydrogen (secondary N) is 1. The first kappa shape index (κ1) is 24.1. The molecule has 1 aromatic carbocycles. The number of carbonyl (C=O) groups is 1. The number of nitrogens with zero attached hydrogens (tertiary/aromatic N) is 3. The third kappa shape index (κ3) is 5.70. The third-order valence-electron chi connectivity index (χ3n) is 6.60. The van der Waals surface area contributed by atoms with Crippen LogP contribution in [0.25, 0.3) is 16.8 Å². The molecular weight excluding hydrogens is 428 g/mol. The number of unbranched alkanes of at least 4 members (excludes halogenated alkanes) is 1. The number of benzene rings is 1. The zero-order valence-corrected chi connectivity index (χ0v) is 20.4. The summed E-state index contributed by atoms with van der Waals surface area (Å²) in [5.41, 5.74) is 3.12. The summed E-state index contributed by atoms with van der Waals surface area (Å²) >= 11 is 0. The van der Waals surface area contributed by atoms with Crippen LogP contribution >= 0.6 is 0 Å². The van der Waals surface area contributed by atoms with Crippen molar-refractivity contribution >= 4 is 11.4 Å². The zero-order valence-electron chi connectivity index (χ0n) is 20.4. The normalized spacial score (nSPS) is 14.4. The van der Waals surface area contributed by atoms with E-state index in [4.69, 9.17) is 4.74 Å². The van der Waals surface area contributed by atoms with E-state index in [2.05, 4.69) is 16.4 Å². The van der Waals surface area contributed by atoms with Crippen LogP contribution in [0.1, 0.15) is 44.6 Å². The minimum atomic E-state index is -0.178. The molecule has 3 aromatic rings. The van der Waals surface area contributed by atoms with Gasteiger partial charge in [-0.15, -0.1) is 0 Å². The van der Waals surface area contributed by atoms with E-state index in [9.17, 15) is 9.59 Å². The number of methoxy groups -OCH3 is 1. The number of fused-ring (bicyclic) bond motifs is 1. The number of hydrogen-bond acceptors (Lipinski definition) is 4. The molecule has 7 nitrogen and oxygen atoms in total. The lowest BCUT2D eigenvalue weighted by molar-refractivity contribution is -0.121. The predicted octanol–water partition coefficient (Wildman–Crippen LogP) is 3.72. The van der Waals surface area contributed by atoms with Crippen LogP contribution < -0.4 is 15.6 Å². The van der Waals surface area contributed by atoms with E-state index >= 15 is 0 Å². The summed E-state index contributed by atoms with van der Waals surface area (Å²) in [5, 5.41) is 2.80. The summed E-state index contributed by atoms with van der Waals surface area (Å²) < 4.78 is 8.85. The van der Waals surface area contributed by atoms with Crippen LogP contribution in [0.2, 0.25) is 0 Å². The van der Waals surface area contributed by atoms with Gasteiger partial charge in [0.05, 0.1) is 12.8 Å². The van der Waals surface area contributed by atoms with Crippen LogP contribution in [0.4, 0.5) is 0 Å². The summed E-state index contributed by atoms with van der Waals surface area (Å²) in [6.07, 6.45) is 11.2. The van der Waals surface area contributed by atoms with Crippen molar-refractivity contribution in [2.45, 2.75) is 52.0 Å². The van der Waals surface area contributed by atoms with Gasteiger partial charge >= 0.3 is 0 Å². The van der Waals surface area contributed by atoms with Crippen molar-refractivity contribution < 1.29 is 9.53 Å². The Morgan fingerprint density at radius 2 is 1.91 bits per heavy atom. The maximum atomic E-state index is 13.5. The van der Waals surface area contributed by atoms with Crippen molar-refractivity contribution in [1.82, 2.24) is 19.2 Å². The fourth-order valence-corrected chi connectivity index (χ4v) is 4.81. The number of rotatable bonds is 10. The van der Waals surface area contributed by atoms with Gasteiger partial charge in [-0.1, -0.05) is 18.6 Å². The summed E-state index contributed by atoms with van der Waals surface area (Å²) in [7, 11) is 1.62. The van der Waals surface area contributed by atoms with Crippen LogP contribution in [0.15, 0.2) is 47.5 Å². The molecule has 0 spiro atoms. The monoisotopic (exact) mass is 464 g/mol. The Morgan fingerprint density at radius 3 is 2.68 bits per heavy atom. The topological polar surface area (TPSA) is 68.0 Å². The van der Waals surface area contributed by atoms with Crippen LogP contribution in [-0.4, -0.2) is 53.1 Å². The molecule has 1 fully saturated rings. The highest BCUT2D eigenvalue weighted by atomic mass is 16.5. The first-order valence-electron chi connectivity index (χ1n) is 12.5. The van der Waals surface area contributed by atoms with E-state index in [1.807, 2.05) is 47.9 Å². The molecule has 4 rings (SSSR count). The highest BCUT2D eigenvalue weighted by Crippen LogP contribution is 2.24. The fourth-order valence-electron chi connectivity index (χ4n) is 4.81. The lowest BCUT2D eigenvalue weighted by Gasteiger charge is -2.26. The van der Waals surface area contributed by atoms with Gasteiger partial charge in [-0.05, 0) is 82.4 Å². The van der Waals surface area contributed by atoms with Gasteiger partial charge in [-0.2, -0.15) is 0 Å². The number of likely N-dealkylation sites (N-methyl/N-ethyl adjacent to an activating group) is 1. The number of ether oxygens (including phenoxy) is 1. The summed E-state index contributed by atoms with van der Waals surface area (Å²) in [6.45, 7) is 6.00. The fraction of sp³-hybridized carbons (Fsp3) is 0.481. The summed E-state index contributed by atoms with van der Waals surface area (Å²) in [6, 6.07) is 9.56. The minimum absolute atomic E-state index is 0.0218. The molecule has 1 N–H and O–H groups in total. The van der Waals surface area contributed by atoms with E-state index < -0.39 is 0 Å². The Morgan fingerprint density at radius 1 is 1.09 bits per heavy atom. The van der Waals surface area contributed by atoms with Gasteiger partial charge in [0.1, 0.15) is 17.8 Å². The molecule has 2 aromatic heterocycles. The standard InChI is InChI=1S/C27H36N4O3/c1-3-28-26(32)20-31-25(22-11-9-12-23(17-22)34-2)19-30-18-21(16-24(30)27(31)33)10-5-8-15-29-13-6-4-7-14-29/h9,11-12,16-19H,3-8,10,13-15,20H2,1-2H3,(H,28,32). The van der Waals surface area contributed by atoms with Crippen LogP contribution in [0.5, 0.6) is 5.75 Å². The number of hydrogen-bond donors (Lipinski definition) is 1. The predicted molar refractivity (Wildman–Crippen MR) is 136 cm³/mol. The van der Waals surface area contributed by atoms with Crippen molar-refractivity contribution in [3.63, 3.8) is 0 Å². The number of likely N-dealkylation sites (tertiary alicyclic amines) is 1. The van der Waals surface area contributed by atoms with Crippen LogP contribution in [-0.2, 0) is 17.8 Å². The SMILES string of the molecule is CCNC(=O)Cn1c(-c2cccc(OC)c2)cn2cc(CCCCN3CCCCC3)cc2c1=O. The lowest BCUT2D eigenvalue weighted by Crippen LogP contribution is -2.33. The second-order valence-corrected chi connectivity index (χ2v) is 9.09. The summed E-state index contributed by atoms with van der Waals surface area (Å²) in [5.74, 6) is 0.527. The van der Waals surface area contributed by atoms with Gasteiger partial charge in [0.15, 0.2) is 0 Å². The second kappa shape index (κ2) is 11.4. The highest BCUT2D eigenvalue weighted by molar-refractivity contribution is 5.77. The van der Waals surface area contributed by atoms with Crippen LogP contribution in [0, 0.1) is 0 Å². The van der Waals surface area contributed by atoms with E-state index in [1.54, 1.807) is 11.7 Å². The van der Waals surface area contributed by atoms with Crippen LogP contribution in [0.3, 0.4) is 0 Å². The Labute approximate surface area is 201 Å². The van der Waals surface area contributed by atoms with Gasteiger partial charge in [0.2, 0.25) is 5.91 Å². The third-order valence-corrected chi connectivity index (χ3v) is 6.60. The number of aryl methyl sites for hydroxylation is 1. The Kier molecular flexibility index (Phi) is 8.06. The Bertz CT molecular complexity index is 1170.